The van der Waals surface area contributed by atoms with Gasteiger partial charge in [-0.2, -0.15) is 0 Å². The highest BCUT2D eigenvalue weighted by atomic mass is 16.5. The molecule has 2 unspecified atom stereocenters. The summed E-state index contributed by atoms with van der Waals surface area (Å²) < 4.78 is 5.61. The smallest absolute Gasteiger partial charge is 0.122 e. The Morgan fingerprint density at radius 3 is 3.23 bits per heavy atom. The molecule has 0 amide bonds. The number of rotatable bonds is 3. The minimum absolute atomic E-state index is 0.0613. The van der Waals surface area contributed by atoms with Gasteiger partial charge in [-0.1, -0.05) is 12.2 Å². The Kier molecular flexibility index (Phi) is 4.28. The molecule has 1 heterocycles. The molecule has 0 saturated carbocycles. The van der Waals surface area contributed by atoms with Crippen molar-refractivity contribution in [3.63, 3.8) is 0 Å². The molecule has 0 N–H and O–H groups in total. The predicted octanol–water partition coefficient (Wildman–Crippen LogP) is 1.70. The minimum Gasteiger partial charge on any atom is -0.369 e. The first-order valence-electron chi connectivity index (χ1n) is 4.52. The van der Waals surface area contributed by atoms with E-state index in [1.807, 2.05) is 13.0 Å². The van der Waals surface area contributed by atoms with Gasteiger partial charge >= 0.3 is 0 Å². The summed E-state index contributed by atoms with van der Waals surface area (Å²) in [4.78, 5) is 10.3. The van der Waals surface area contributed by atoms with Crippen LogP contribution in [0.25, 0.3) is 0 Å². The van der Waals surface area contributed by atoms with Crippen molar-refractivity contribution in [2.75, 3.05) is 0 Å². The summed E-state index contributed by atoms with van der Waals surface area (Å²) in [5.74, 6) is 5.79. The molecule has 1 rings (SSSR count). The molecule has 2 atom stereocenters. The molecule has 0 radical (unpaired) electrons. The van der Waals surface area contributed by atoms with Gasteiger partial charge in [0.25, 0.3) is 0 Å². The number of carbonyl (C=O) groups is 1. The predicted molar refractivity (Wildman–Crippen MR) is 51.2 cm³/mol. The maximum Gasteiger partial charge on any atom is 0.122 e. The van der Waals surface area contributed by atoms with Gasteiger partial charge in [0, 0.05) is 12.8 Å². The highest BCUT2D eigenvalue weighted by molar-refractivity contribution is 5.50. The van der Waals surface area contributed by atoms with Crippen molar-refractivity contribution in [3.8, 4) is 11.8 Å². The van der Waals surface area contributed by atoms with E-state index in [-0.39, 0.29) is 12.2 Å². The van der Waals surface area contributed by atoms with Gasteiger partial charge < -0.3 is 9.53 Å². The Balaban J connectivity index is 2.39. The third kappa shape index (κ3) is 3.43. The molecule has 0 fully saturated rings. The summed E-state index contributed by atoms with van der Waals surface area (Å²) in [5.41, 5.74) is 0. The second-order valence-corrected chi connectivity index (χ2v) is 2.99. The topological polar surface area (TPSA) is 26.3 Å². The molecule has 1 aliphatic heterocycles. The highest BCUT2D eigenvalue weighted by Crippen LogP contribution is 2.16. The highest BCUT2D eigenvalue weighted by Gasteiger charge is 2.16. The molecule has 2 nitrogen and oxygen atoms in total. The second-order valence-electron chi connectivity index (χ2n) is 2.99. The largest absolute Gasteiger partial charge is 0.369 e. The zero-order chi connectivity index (χ0) is 9.52. The lowest BCUT2D eigenvalue weighted by molar-refractivity contribution is -0.111. The maximum atomic E-state index is 10.3. The van der Waals surface area contributed by atoms with E-state index in [9.17, 15) is 4.79 Å². The third-order valence-electron chi connectivity index (χ3n) is 1.96. The lowest BCUT2D eigenvalue weighted by Gasteiger charge is -2.23. The zero-order valence-electron chi connectivity index (χ0n) is 7.82. The fraction of sp³-hybridized carbons (Fsp3) is 0.545. The van der Waals surface area contributed by atoms with Gasteiger partial charge in [-0.3, -0.25) is 0 Å². The van der Waals surface area contributed by atoms with Crippen molar-refractivity contribution in [2.24, 2.45) is 0 Å². The zero-order valence-corrected chi connectivity index (χ0v) is 7.82. The molecular formula is C11H14O2. The number of hydrogen-bond acceptors (Lipinski definition) is 2. The Morgan fingerprint density at radius 2 is 2.54 bits per heavy atom. The van der Waals surface area contributed by atoms with Crippen LogP contribution in [-0.2, 0) is 9.53 Å². The van der Waals surface area contributed by atoms with Crippen LogP contribution in [-0.4, -0.2) is 18.5 Å². The number of ether oxygens (including phenoxy) is 1. The Labute approximate surface area is 79.0 Å². The van der Waals surface area contributed by atoms with Crippen molar-refractivity contribution in [2.45, 2.75) is 38.4 Å². The minimum atomic E-state index is 0.0613. The fourth-order valence-corrected chi connectivity index (χ4v) is 1.31. The Morgan fingerprint density at radius 1 is 1.69 bits per heavy atom. The average molecular weight is 178 g/mol. The van der Waals surface area contributed by atoms with Crippen molar-refractivity contribution in [1.29, 1.82) is 0 Å². The molecule has 13 heavy (non-hydrogen) atoms. The quantitative estimate of drug-likeness (QED) is 0.373. The van der Waals surface area contributed by atoms with E-state index >= 15 is 0 Å². The molecule has 0 aromatic heterocycles. The van der Waals surface area contributed by atoms with Crippen molar-refractivity contribution < 1.29 is 9.53 Å². The van der Waals surface area contributed by atoms with Gasteiger partial charge in [-0.15, -0.1) is 11.8 Å². The van der Waals surface area contributed by atoms with E-state index in [1.54, 1.807) is 0 Å². The summed E-state index contributed by atoms with van der Waals surface area (Å²) in [7, 11) is 0. The van der Waals surface area contributed by atoms with E-state index in [0.29, 0.717) is 6.42 Å². The van der Waals surface area contributed by atoms with Crippen LogP contribution in [0.1, 0.15) is 26.2 Å². The van der Waals surface area contributed by atoms with Gasteiger partial charge in [0.1, 0.15) is 6.29 Å². The molecule has 0 aromatic rings. The van der Waals surface area contributed by atoms with E-state index in [2.05, 4.69) is 17.9 Å². The lowest BCUT2D eigenvalue weighted by atomic mass is 10.1. The fourth-order valence-electron chi connectivity index (χ4n) is 1.31. The van der Waals surface area contributed by atoms with Crippen molar-refractivity contribution in [1.82, 2.24) is 0 Å². The SMILES string of the molecule is CC#CCC1C=CCC(CC=O)O1. The van der Waals surface area contributed by atoms with Gasteiger partial charge in [-0.25, -0.2) is 0 Å². The number of carbonyl (C=O) groups excluding carboxylic acids is 1. The molecule has 2 heteroatoms. The van der Waals surface area contributed by atoms with E-state index in [1.165, 1.54) is 0 Å². The van der Waals surface area contributed by atoms with Crippen LogP contribution < -0.4 is 0 Å². The van der Waals surface area contributed by atoms with Gasteiger partial charge in [0.05, 0.1) is 12.2 Å². The van der Waals surface area contributed by atoms with E-state index in [0.717, 1.165) is 19.1 Å². The lowest BCUT2D eigenvalue weighted by Crippen LogP contribution is -2.23. The van der Waals surface area contributed by atoms with Gasteiger partial charge in [0.2, 0.25) is 0 Å². The monoisotopic (exact) mass is 178 g/mol. The molecule has 0 spiro atoms. The molecule has 0 aromatic carbocycles. The van der Waals surface area contributed by atoms with Crippen LogP contribution in [0.5, 0.6) is 0 Å². The second kappa shape index (κ2) is 5.55. The third-order valence-corrected chi connectivity index (χ3v) is 1.96. The summed E-state index contributed by atoms with van der Waals surface area (Å²) in [6.45, 7) is 1.81. The molecule has 0 aliphatic carbocycles. The summed E-state index contributed by atoms with van der Waals surface area (Å²) in [6, 6.07) is 0. The van der Waals surface area contributed by atoms with E-state index < -0.39 is 0 Å². The number of hydrogen-bond donors (Lipinski definition) is 0. The first-order valence-corrected chi connectivity index (χ1v) is 4.52. The molecule has 0 bridgehead atoms. The standard InChI is InChI=1S/C11H14O2/c1-2-3-5-10-6-4-7-11(13-10)8-9-12/h4,6,9-11H,5,7-8H2,1H3. The molecule has 1 aliphatic rings. The summed E-state index contributed by atoms with van der Waals surface area (Å²) >= 11 is 0. The first kappa shape index (κ1) is 10.0. The van der Waals surface area contributed by atoms with Gasteiger partial charge in [-0.05, 0) is 13.3 Å². The normalized spacial score (nSPS) is 26.2. The van der Waals surface area contributed by atoms with Crippen LogP contribution >= 0.6 is 0 Å². The van der Waals surface area contributed by atoms with Crippen LogP contribution in [0.3, 0.4) is 0 Å². The molecule has 0 saturated heterocycles. The Hall–Kier alpha value is -1.07. The number of aldehydes is 1. The molecule has 70 valence electrons. The summed E-state index contributed by atoms with van der Waals surface area (Å²) in [6.07, 6.45) is 7.19. The van der Waals surface area contributed by atoms with Gasteiger partial charge in [0.15, 0.2) is 0 Å². The van der Waals surface area contributed by atoms with Crippen LogP contribution in [0.15, 0.2) is 12.2 Å². The van der Waals surface area contributed by atoms with Crippen molar-refractivity contribution in [3.05, 3.63) is 12.2 Å². The first-order chi connectivity index (χ1) is 6.36. The van der Waals surface area contributed by atoms with Crippen molar-refractivity contribution >= 4 is 6.29 Å². The maximum absolute atomic E-state index is 10.3. The van der Waals surface area contributed by atoms with Crippen LogP contribution in [0.4, 0.5) is 0 Å². The van der Waals surface area contributed by atoms with Crippen LogP contribution in [0, 0.1) is 11.8 Å². The average Bonchev–Trinajstić information content (AvgIpc) is 2.16. The molecular weight excluding hydrogens is 164 g/mol. The Bertz CT molecular complexity index is 245. The van der Waals surface area contributed by atoms with Crippen LogP contribution in [0.2, 0.25) is 0 Å². The summed E-state index contributed by atoms with van der Waals surface area (Å²) in [5, 5.41) is 0. The van der Waals surface area contributed by atoms with E-state index in [4.69, 9.17) is 4.74 Å².